The molecule has 1 aromatic carbocycles. The van der Waals surface area contributed by atoms with Crippen LogP contribution < -0.4 is 11.1 Å². The van der Waals surface area contributed by atoms with Crippen LogP contribution in [0.3, 0.4) is 0 Å². The van der Waals surface area contributed by atoms with Gasteiger partial charge >= 0.3 is 0 Å². The Hall–Kier alpha value is -2.03. The molecule has 0 heterocycles. The topological polar surface area (TPSA) is 75.4 Å². The number of nitrogens with one attached hydrogen (secondary N) is 1. The van der Waals surface area contributed by atoms with Crippen LogP contribution in [0.5, 0.6) is 0 Å². The van der Waals surface area contributed by atoms with Gasteiger partial charge in [0.25, 0.3) is 5.91 Å². The van der Waals surface area contributed by atoms with Crippen LogP contribution in [0, 0.1) is 12.3 Å². The Balaban J connectivity index is 2.94. The molecule has 106 valence electrons. The first-order chi connectivity index (χ1) is 9.36. The minimum absolute atomic E-state index is 0.142. The maximum absolute atomic E-state index is 11.9. The summed E-state index contributed by atoms with van der Waals surface area (Å²) in [5.74, 6) is 1.66. The summed E-state index contributed by atoms with van der Waals surface area (Å²) in [6.07, 6.45) is 5.24. The molecule has 1 rings (SSSR count). The van der Waals surface area contributed by atoms with E-state index in [1.165, 1.54) is 11.0 Å². The third kappa shape index (κ3) is 3.98. The van der Waals surface area contributed by atoms with Crippen molar-refractivity contribution in [1.82, 2.24) is 4.90 Å². The Morgan fingerprint density at radius 2 is 2.15 bits per heavy atom. The van der Waals surface area contributed by atoms with Crippen molar-refractivity contribution in [3.63, 3.8) is 0 Å². The van der Waals surface area contributed by atoms with E-state index in [1.54, 1.807) is 26.2 Å². The zero-order valence-electron chi connectivity index (χ0n) is 11.3. The van der Waals surface area contributed by atoms with Gasteiger partial charge in [0.15, 0.2) is 0 Å². The maximum Gasteiger partial charge on any atom is 0.254 e. The van der Waals surface area contributed by atoms with E-state index in [2.05, 4.69) is 11.2 Å². The number of carbonyl (C=O) groups excluding carboxylic acids is 2. The van der Waals surface area contributed by atoms with Crippen molar-refractivity contribution in [2.24, 2.45) is 5.73 Å². The summed E-state index contributed by atoms with van der Waals surface area (Å²) < 4.78 is 0. The molecule has 0 saturated heterocycles. The standard InChI is InChI=1S/C14H16ClN3O2/c1-4-5-12(16)13(19)17-9-6-7-11(15)10(8-9)14(20)18(2)3/h1,6-8,12H,5,16H2,2-3H3,(H,17,19). The molecule has 0 spiro atoms. The van der Waals surface area contributed by atoms with Crippen molar-refractivity contribution in [3.8, 4) is 12.3 Å². The number of nitrogens with two attached hydrogens (primary N) is 1. The van der Waals surface area contributed by atoms with Gasteiger partial charge in [-0.15, -0.1) is 12.3 Å². The average molecular weight is 294 g/mol. The summed E-state index contributed by atoms with van der Waals surface area (Å²) in [4.78, 5) is 25.1. The van der Waals surface area contributed by atoms with E-state index in [9.17, 15) is 9.59 Å². The fourth-order valence-corrected chi connectivity index (χ4v) is 1.66. The molecular formula is C14H16ClN3O2. The number of anilines is 1. The lowest BCUT2D eigenvalue weighted by molar-refractivity contribution is -0.117. The monoisotopic (exact) mass is 293 g/mol. The lowest BCUT2D eigenvalue weighted by Gasteiger charge is -2.14. The zero-order valence-corrected chi connectivity index (χ0v) is 12.1. The molecule has 0 bridgehead atoms. The minimum Gasteiger partial charge on any atom is -0.345 e. The van der Waals surface area contributed by atoms with Crippen LogP contribution in [0.2, 0.25) is 5.02 Å². The number of hydrogen-bond acceptors (Lipinski definition) is 3. The second-order valence-corrected chi connectivity index (χ2v) is 4.81. The molecule has 1 unspecified atom stereocenters. The Morgan fingerprint density at radius 3 is 2.70 bits per heavy atom. The maximum atomic E-state index is 11.9. The van der Waals surface area contributed by atoms with E-state index in [0.717, 1.165) is 0 Å². The number of amides is 2. The van der Waals surface area contributed by atoms with Crippen molar-refractivity contribution < 1.29 is 9.59 Å². The van der Waals surface area contributed by atoms with E-state index < -0.39 is 11.9 Å². The smallest absolute Gasteiger partial charge is 0.254 e. The number of benzene rings is 1. The first kappa shape index (κ1) is 16.0. The van der Waals surface area contributed by atoms with Crippen molar-refractivity contribution in [3.05, 3.63) is 28.8 Å². The van der Waals surface area contributed by atoms with E-state index >= 15 is 0 Å². The third-order valence-corrected chi connectivity index (χ3v) is 2.87. The highest BCUT2D eigenvalue weighted by molar-refractivity contribution is 6.34. The van der Waals surface area contributed by atoms with Gasteiger partial charge in [0, 0.05) is 26.2 Å². The van der Waals surface area contributed by atoms with Crippen molar-refractivity contribution in [2.45, 2.75) is 12.5 Å². The number of hydrogen-bond donors (Lipinski definition) is 2. The third-order valence-electron chi connectivity index (χ3n) is 2.55. The minimum atomic E-state index is -0.788. The van der Waals surface area contributed by atoms with Gasteiger partial charge in [-0.3, -0.25) is 9.59 Å². The number of carbonyl (C=O) groups is 2. The Morgan fingerprint density at radius 1 is 1.50 bits per heavy atom. The summed E-state index contributed by atoms with van der Waals surface area (Å²) in [6, 6.07) is 3.85. The lowest BCUT2D eigenvalue weighted by Crippen LogP contribution is -2.35. The Bertz CT molecular complexity index is 564. The molecule has 6 heteroatoms. The highest BCUT2D eigenvalue weighted by Gasteiger charge is 2.16. The first-order valence-electron chi connectivity index (χ1n) is 5.88. The van der Waals surface area contributed by atoms with Crippen LogP contribution in [-0.4, -0.2) is 36.9 Å². The van der Waals surface area contributed by atoms with Gasteiger partial charge in [-0.25, -0.2) is 0 Å². The number of nitrogens with zero attached hydrogens (tertiary/aromatic N) is 1. The highest BCUT2D eigenvalue weighted by atomic mass is 35.5. The van der Waals surface area contributed by atoms with Crippen LogP contribution in [0.15, 0.2) is 18.2 Å². The molecule has 20 heavy (non-hydrogen) atoms. The zero-order chi connectivity index (χ0) is 15.3. The molecule has 0 radical (unpaired) electrons. The van der Waals surface area contributed by atoms with Crippen molar-refractivity contribution in [2.75, 3.05) is 19.4 Å². The summed E-state index contributed by atoms with van der Waals surface area (Å²) in [5.41, 5.74) is 6.34. The summed E-state index contributed by atoms with van der Waals surface area (Å²) in [6.45, 7) is 0. The van der Waals surface area contributed by atoms with Gasteiger partial charge in [-0.1, -0.05) is 11.6 Å². The van der Waals surface area contributed by atoms with Gasteiger partial charge in [-0.2, -0.15) is 0 Å². The lowest BCUT2D eigenvalue weighted by atomic mass is 10.1. The van der Waals surface area contributed by atoms with E-state index in [-0.39, 0.29) is 12.3 Å². The fourth-order valence-electron chi connectivity index (χ4n) is 1.46. The fraction of sp³-hybridized carbons (Fsp3) is 0.286. The molecule has 3 N–H and O–H groups in total. The molecule has 0 aliphatic carbocycles. The molecular weight excluding hydrogens is 278 g/mol. The first-order valence-corrected chi connectivity index (χ1v) is 6.25. The van der Waals surface area contributed by atoms with Crippen LogP contribution in [-0.2, 0) is 4.79 Å². The molecule has 1 aromatic rings. The SMILES string of the molecule is C#CCC(N)C(=O)Nc1ccc(Cl)c(C(=O)N(C)C)c1. The van der Waals surface area contributed by atoms with Gasteiger partial charge in [0.2, 0.25) is 5.91 Å². The average Bonchev–Trinajstić information content (AvgIpc) is 2.40. The number of rotatable bonds is 4. The molecule has 1 atom stereocenters. The largest absolute Gasteiger partial charge is 0.345 e. The second kappa shape index (κ2) is 6.94. The van der Waals surface area contributed by atoms with Gasteiger partial charge < -0.3 is 16.0 Å². The van der Waals surface area contributed by atoms with Gasteiger partial charge in [0.05, 0.1) is 16.6 Å². The molecule has 5 nitrogen and oxygen atoms in total. The predicted octanol–water partition coefficient (Wildman–Crippen LogP) is 1.33. The quantitative estimate of drug-likeness (QED) is 0.823. The van der Waals surface area contributed by atoms with Gasteiger partial charge in [-0.05, 0) is 18.2 Å². The Kier molecular flexibility index (Phi) is 5.56. The molecule has 0 aliphatic heterocycles. The van der Waals surface area contributed by atoms with E-state index in [4.69, 9.17) is 23.8 Å². The van der Waals surface area contributed by atoms with Crippen LogP contribution >= 0.6 is 11.6 Å². The molecule has 0 fully saturated rings. The second-order valence-electron chi connectivity index (χ2n) is 4.40. The van der Waals surface area contributed by atoms with Crippen molar-refractivity contribution >= 4 is 29.1 Å². The van der Waals surface area contributed by atoms with Crippen LogP contribution in [0.4, 0.5) is 5.69 Å². The molecule has 2 amide bonds. The Labute approximate surface area is 123 Å². The van der Waals surface area contributed by atoms with E-state index in [0.29, 0.717) is 16.3 Å². The van der Waals surface area contributed by atoms with Crippen LogP contribution in [0.25, 0.3) is 0 Å². The molecule has 0 aliphatic rings. The molecule has 0 saturated carbocycles. The van der Waals surface area contributed by atoms with E-state index in [1.807, 2.05) is 0 Å². The number of halogens is 1. The summed E-state index contributed by atoms with van der Waals surface area (Å²) >= 11 is 5.97. The predicted molar refractivity (Wildman–Crippen MR) is 79.5 cm³/mol. The van der Waals surface area contributed by atoms with Crippen LogP contribution in [0.1, 0.15) is 16.8 Å². The summed E-state index contributed by atoms with van der Waals surface area (Å²) in [5, 5.41) is 2.91. The van der Waals surface area contributed by atoms with Crippen molar-refractivity contribution in [1.29, 1.82) is 0 Å². The highest BCUT2D eigenvalue weighted by Crippen LogP contribution is 2.21. The normalized spacial score (nSPS) is 11.3. The molecule has 0 aromatic heterocycles. The van der Waals surface area contributed by atoms with Gasteiger partial charge in [0.1, 0.15) is 0 Å². The number of terminal acetylenes is 1. The summed E-state index contributed by atoms with van der Waals surface area (Å²) in [7, 11) is 3.24.